The van der Waals surface area contributed by atoms with E-state index in [1.165, 1.54) is 6.07 Å². The summed E-state index contributed by atoms with van der Waals surface area (Å²) in [7, 11) is -3.72. The molecule has 0 unspecified atom stereocenters. The van der Waals surface area contributed by atoms with Gasteiger partial charge in [-0.15, -0.1) is 0 Å². The van der Waals surface area contributed by atoms with Gasteiger partial charge in [-0.1, -0.05) is 48.0 Å². The second kappa shape index (κ2) is 11.0. The summed E-state index contributed by atoms with van der Waals surface area (Å²) in [4.78, 5) is 24.7. The molecule has 0 spiro atoms. The van der Waals surface area contributed by atoms with Crippen LogP contribution in [-0.4, -0.2) is 38.7 Å². The van der Waals surface area contributed by atoms with Gasteiger partial charge in [0.15, 0.2) is 0 Å². The highest BCUT2D eigenvalue weighted by Crippen LogP contribution is 2.21. The average Bonchev–Trinajstić information content (AvgIpc) is 2.81. The van der Waals surface area contributed by atoms with Crippen molar-refractivity contribution in [1.29, 1.82) is 0 Å². The molecule has 0 radical (unpaired) electrons. The van der Waals surface area contributed by atoms with E-state index in [0.717, 1.165) is 10.6 Å². The molecule has 0 saturated carbocycles. The van der Waals surface area contributed by atoms with Gasteiger partial charge in [-0.05, 0) is 55.0 Å². The molecule has 2 amide bonds. The number of halogens is 1. The molecule has 2 N–H and O–H groups in total. The first-order chi connectivity index (χ1) is 16.1. The third kappa shape index (κ3) is 6.90. The van der Waals surface area contributed by atoms with Crippen molar-refractivity contribution in [3.05, 3.63) is 95.0 Å². The van der Waals surface area contributed by atoms with Gasteiger partial charge in [0.1, 0.15) is 6.54 Å². The van der Waals surface area contributed by atoms with E-state index in [9.17, 15) is 18.0 Å². The fourth-order valence-corrected chi connectivity index (χ4v) is 4.03. The van der Waals surface area contributed by atoms with E-state index in [2.05, 4.69) is 15.8 Å². The molecular formula is C24H23ClN4O4S. The molecule has 0 saturated heterocycles. The number of hydrogen-bond acceptors (Lipinski definition) is 5. The van der Waals surface area contributed by atoms with Crippen LogP contribution in [0.15, 0.2) is 84.0 Å². The number of carbonyl (C=O) groups excluding carboxylic acids is 2. The Balaban J connectivity index is 1.63. The van der Waals surface area contributed by atoms with Gasteiger partial charge < -0.3 is 5.32 Å². The fraction of sp³-hybridized carbons (Fsp3) is 0.125. The Labute approximate surface area is 203 Å². The third-order valence-electron chi connectivity index (χ3n) is 4.73. The van der Waals surface area contributed by atoms with Crippen LogP contribution < -0.4 is 15.0 Å². The molecule has 34 heavy (non-hydrogen) atoms. The lowest BCUT2D eigenvalue weighted by molar-refractivity contribution is -0.119. The molecule has 0 fully saturated rings. The van der Waals surface area contributed by atoms with Gasteiger partial charge in [-0.25, -0.2) is 13.8 Å². The standard InChI is InChI=1S/C24H23ClN4O4S/c1-17(18-11-13-21(14-12-18)26-24(31)19-7-4-3-5-8-19)27-28-23(30)16-29(34(2,32)33)22-10-6-9-20(25)15-22/h3-15H,16H2,1-2H3,(H,26,31)(H,28,30)/b27-17-. The van der Waals surface area contributed by atoms with Gasteiger partial charge in [-0.3, -0.25) is 13.9 Å². The van der Waals surface area contributed by atoms with Crippen molar-refractivity contribution >= 4 is 50.5 Å². The Morgan fingerprint density at radius 2 is 1.62 bits per heavy atom. The number of sulfonamides is 1. The predicted molar refractivity (Wildman–Crippen MR) is 135 cm³/mol. The lowest BCUT2D eigenvalue weighted by Gasteiger charge is -2.21. The molecule has 3 aromatic rings. The normalized spacial score (nSPS) is 11.6. The van der Waals surface area contributed by atoms with E-state index < -0.39 is 22.5 Å². The molecule has 0 aromatic heterocycles. The number of amides is 2. The minimum Gasteiger partial charge on any atom is -0.322 e. The summed E-state index contributed by atoms with van der Waals surface area (Å²) in [6, 6.07) is 22.0. The largest absolute Gasteiger partial charge is 0.322 e. The number of hydrogen-bond donors (Lipinski definition) is 2. The second-order valence-electron chi connectivity index (χ2n) is 7.38. The monoisotopic (exact) mass is 498 g/mol. The van der Waals surface area contributed by atoms with Crippen LogP contribution in [0.25, 0.3) is 0 Å². The zero-order valence-corrected chi connectivity index (χ0v) is 20.1. The molecule has 0 aliphatic carbocycles. The summed E-state index contributed by atoms with van der Waals surface area (Å²) in [5.74, 6) is -0.836. The summed E-state index contributed by atoms with van der Waals surface area (Å²) < 4.78 is 25.3. The molecule has 3 rings (SSSR count). The summed E-state index contributed by atoms with van der Waals surface area (Å²) >= 11 is 5.95. The zero-order chi connectivity index (χ0) is 24.7. The van der Waals surface area contributed by atoms with Crippen molar-refractivity contribution in [1.82, 2.24) is 5.43 Å². The molecular weight excluding hydrogens is 476 g/mol. The maximum atomic E-state index is 12.4. The highest BCUT2D eigenvalue weighted by Gasteiger charge is 2.21. The van der Waals surface area contributed by atoms with Crippen molar-refractivity contribution in [3.63, 3.8) is 0 Å². The Kier molecular flexibility index (Phi) is 8.04. The predicted octanol–water partition coefficient (Wildman–Crippen LogP) is 3.90. The van der Waals surface area contributed by atoms with E-state index in [1.54, 1.807) is 73.7 Å². The van der Waals surface area contributed by atoms with Crippen LogP contribution >= 0.6 is 11.6 Å². The molecule has 0 bridgehead atoms. The van der Waals surface area contributed by atoms with Crippen molar-refractivity contribution < 1.29 is 18.0 Å². The number of rotatable bonds is 8. The zero-order valence-electron chi connectivity index (χ0n) is 18.5. The Morgan fingerprint density at radius 3 is 2.24 bits per heavy atom. The maximum Gasteiger partial charge on any atom is 0.260 e. The molecule has 10 heteroatoms. The molecule has 8 nitrogen and oxygen atoms in total. The molecule has 176 valence electrons. The van der Waals surface area contributed by atoms with Crippen LogP contribution in [0.4, 0.5) is 11.4 Å². The van der Waals surface area contributed by atoms with Crippen molar-refractivity contribution in [2.24, 2.45) is 5.10 Å². The van der Waals surface area contributed by atoms with Crippen LogP contribution in [0.3, 0.4) is 0 Å². The van der Waals surface area contributed by atoms with E-state index in [1.807, 2.05) is 6.07 Å². The summed E-state index contributed by atoms with van der Waals surface area (Å²) in [5.41, 5.74) is 5.03. The Hall–Kier alpha value is -3.69. The number of anilines is 2. The number of benzene rings is 3. The summed E-state index contributed by atoms with van der Waals surface area (Å²) in [6.45, 7) is 1.24. The first-order valence-corrected chi connectivity index (χ1v) is 12.4. The quantitative estimate of drug-likeness (QED) is 0.362. The van der Waals surface area contributed by atoms with Crippen molar-refractivity contribution in [3.8, 4) is 0 Å². The van der Waals surface area contributed by atoms with Crippen LogP contribution in [0.5, 0.6) is 0 Å². The molecule has 0 aliphatic heterocycles. The highest BCUT2D eigenvalue weighted by molar-refractivity contribution is 7.92. The minimum atomic E-state index is -3.72. The third-order valence-corrected chi connectivity index (χ3v) is 6.10. The number of carbonyl (C=O) groups is 2. The van der Waals surface area contributed by atoms with E-state index in [4.69, 9.17) is 11.6 Å². The van der Waals surface area contributed by atoms with Gasteiger partial charge >= 0.3 is 0 Å². The van der Waals surface area contributed by atoms with Gasteiger partial charge in [0.25, 0.3) is 11.8 Å². The minimum absolute atomic E-state index is 0.221. The van der Waals surface area contributed by atoms with E-state index in [0.29, 0.717) is 27.5 Å². The highest BCUT2D eigenvalue weighted by atomic mass is 35.5. The summed E-state index contributed by atoms with van der Waals surface area (Å²) in [5, 5.41) is 7.22. The topological polar surface area (TPSA) is 108 Å². The van der Waals surface area contributed by atoms with Crippen LogP contribution in [-0.2, 0) is 14.8 Å². The van der Waals surface area contributed by atoms with Crippen molar-refractivity contribution in [2.75, 3.05) is 22.4 Å². The number of hydrazone groups is 1. The fourth-order valence-electron chi connectivity index (χ4n) is 3.00. The molecule has 0 aliphatic rings. The number of nitrogens with zero attached hydrogens (tertiary/aromatic N) is 2. The first kappa shape index (κ1) is 24.9. The van der Waals surface area contributed by atoms with Gasteiger partial charge in [-0.2, -0.15) is 5.10 Å². The summed E-state index contributed by atoms with van der Waals surface area (Å²) in [6.07, 6.45) is 1.01. The first-order valence-electron chi connectivity index (χ1n) is 10.2. The van der Waals surface area contributed by atoms with Gasteiger partial charge in [0.2, 0.25) is 10.0 Å². The van der Waals surface area contributed by atoms with Crippen molar-refractivity contribution in [2.45, 2.75) is 6.92 Å². The molecule has 3 aromatic carbocycles. The molecule has 0 heterocycles. The average molecular weight is 499 g/mol. The maximum absolute atomic E-state index is 12.4. The number of nitrogens with one attached hydrogen (secondary N) is 2. The van der Waals surface area contributed by atoms with Crippen LogP contribution in [0.1, 0.15) is 22.8 Å². The Bertz CT molecular complexity index is 1310. The second-order valence-corrected chi connectivity index (χ2v) is 9.72. The SMILES string of the molecule is C/C(=N/NC(=O)CN(c1cccc(Cl)c1)S(C)(=O)=O)c1ccc(NC(=O)c2ccccc2)cc1. The smallest absolute Gasteiger partial charge is 0.260 e. The Morgan fingerprint density at radius 1 is 0.941 bits per heavy atom. The lowest BCUT2D eigenvalue weighted by atomic mass is 10.1. The van der Waals surface area contributed by atoms with E-state index in [-0.39, 0.29) is 11.6 Å². The lowest BCUT2D eigenvalue weighted by Crippen LogP contribution is -2.39. The molecule has 0 atom stereocenters. The van der Waals surface area contributed by atoms with Gasteiger partial charge in [0.05, 0.1) is 17.7 Å². The van der Waals surface area contributed by atoms with Crippen LogP contribution in [0.2, 0.25) is 5.02 Å². The van der Waals surface area contributed by atoms with E-state index >= 15 is 0 Å². The van der Waals surface area contributed by atoms with Gasteiger partial charge in [0, 0.05) is 16.3 Å². The van der Waals surface area contributed by atoms with Crippen LogP contribution in [0, 0.1) is 0 Å².